The smallest absolute Gasteiger partial charge is 0.231 e. The van der Waals surface area contributed by atoms with Crippen molar-refractivity contribution in [2.75, 3.05) is 13.4 Å². The van der Waals surface area contributed by atoms with E-state index in [1.54, 1.807) is 18.2 Å². The van der Waals surface area contributed by atoms with Gasteiger partial charge in [-0.15, -0.1) is 0 Å². The van der Waals surface area contributed by atoms with Crippen LogP contribution in [0.5, 0.6) is 11.5 Å². The second-order valence-corrected chi connectivity index (χ2v) is 7.46. The largest absolute Gasteiger partial charge is 0.454 e. The van der Waals surface area contributed by atoms with E-state index in [9.17, 15) is 15.0 Å². The number of rotatable bonds is 6. The Labute approximate surface area is 169 Å². The van der Waals surface area contributed by atoms with Gasteiger partial charge in [-0.3, -0.25) is 4.79 Å². The van der Waals surface area contributed by atoms with Crippen molar-refractivity contribution < 1.29 is 38.7 Å². The van der Waals surface area contributed by atoms with Gasteiger partial charge in [0, 0.05) is 6.42 Å². The van der Waals surface area contributed by atoms with Crippen LogP contribution in [0.25, 0.3) is 6.08 Å². The molecule has 158 valence electrons. The predicted octanol–water partition coefficient (Wildman–Crippen LogP) is 1.42. The average molecular weight is 406 g/mol. The fraction of sp³-hybridized carbons (Fsp3) is 0.571. The fourth-order valence-corrected chi connectivity index (χ4v) is 3.76. The summed E-state index contributed by atoms with van der Waals surface area (Å²) in [7, 11) is 0. The van der Waals surface area contributed by atoms with Crippen molar-refractivity contribution in [2.45, 2.75) is 63.0 Å². The zero-order chi connectivity index (χ0) is 20.4. The minimum absolute atomic E-state index is 0.0547. The third kappa shape index (κ3) is 4.46. The summed E-state index contributed by atoms with van der Waals surface area (Å²) in [4.78, 5) is 12.4. The minimum atomic E-state index is -1.21. The number of fused-ring (bicyclic) bond motifs is 2. The van der Waals surface area contributed by atoms with Gasteiger partial charge in [0.05, 0.1) is 12.7 Å². The highest BCUT2D eigenvalue weighted by Gasteiger charge is 2.48. The Bertz CT molecular complexity index is 761. The number of carbonyl (C=O) groups excluding carboxylic acids is 1. The van der Waals surface area contributed by atoms with Crippen molar-refractivity contribution in [1.82, 2.24) is 0 Å². The summed E-state index contributed by atoms with van der Waals surface area (Å²) in [6.45, 7) is 2.46. The molecular formula is C21H26O8. The predicted molar refractivity (Wildman–Crippen MR) is 101 cm³/mol. The van der Waals surface area contributed by atoms with Crippen LogP contribution in [0.2, 0.25) is 0 Å². The third-order valence-electron chi connectivity index (χ3n) is 5.32. The third-order valence-corrected chi connectivity index (χ3v) is 5.32. The van der Waals surface area contributed by atoms with E-state index in [2.05, 4.69) is 0 Å². The van der Waals surface area contributed by atoms with Crippen LogP contribution in [0.15, 0.2) is 24.3 Å². The van der Waals surface area contributed by atoms with Crippen LogP contribution in [0.3, 0.4) is 0 Å². The maximum atomic E-state index is 12.4. The van der Waals surface area contributed by atoms with Gasteiger partial charge >= 0.3 is 0 Å². The van der Waals surface area contributed by atoms with E-state index >= 15 is 0 Å². The van der Waals surface area contributed by atoms with Gasteiger partial charge in [0.2, 0.25) is 6.79 Å². The van der Waals surface area contributed by atoms with Crippen molar-refractivity contribution >= 4 is 11.9 Å². The van der Waals surface area contributed by atoms with E-state index in [-0.39, 0.29) is 25.6 Å². The molecule has 3 aliphatic heterocycles. The second kappa shape index (κ2) is 8.81. The van der Waals surface area contributed by atoms with Crippen LogP contribution in [0, 0.1) is 0 Å². The molecule has 3 aliphatic rings. The number of hydrogen-bond donors (Lipinski definition) is 2. The number of aliphatic hydroxyl groups is 2. The number of hydrogen-bond acceptors (Lipinski definition) is 8. The van der Waals surface area contributed by atoms with E-state index in [0.717, 1.165) is 12.0 Å². The highest BCUT2D eigenvalue weighted by atomic mass is 16.7. The van der Waals surface area contributed by atoms with Crippen LogP contribution in [0.1, 0.15) is 31.7 Å². The number of allylic oxidation sites excluding steroid dienone is 1. The molecule has 2 fully saturated rings. The Balaban J connectivity index is 1.35. The summed E-state index contributed by atoms with van der Waals surface area (Å²) in [5.74, 6) is 1.09. The van der Waals surface area contributed by atoms with E-state index in [4.69, 9.17) is 23.7 Å². The molecule has 4 rings (SSSR count). The molecule has 1 aromatic carbocycles. The number of aliphatic hydroxyl groups excluding tert-OH is 2. The maximum Gasteiger partial charge on any atom is 0.231 e. The van der Waals surface area contributed by atoms with Gasteiger partial charge in [-0.25, -0.2) is 0 Å². The molecule has 0 spiro atoms. The van der Waals surface area contributed by atoms with Gasteiger partial charge in [0.1, 0.15) is 24.4 Å². The van der Waals surface area contributed by atoms with E-state index in [1.807, 2.05) is 13.0 Å². The van der Waals surface area contributed by atoms with E-state index in [1.165, 1.54) is 6.08 Å². The molecule has 1 unspecified atom stereocenters. The molecule has 0 aliphatic carbocycles. The first-order valence-corrected chi connectivity index (χ1v) is 9.94. The molecule has 0 amide bonds. The average Bonchev–Trinajstić information content (AvgIpc) is 3.19. The lowest BCUT2D eigenvalue weighted by Gasteiger charge is -2.46. The second-order valence-electron chi connectivity index (χ2n) is 7.46. The summed E-state index contributed by atoms with van der Waals surface area (Å²) >= 11 is 0. The molecular weight excluding hydrogens is 380 g/mol. The van der Waals surface area contributed by atoms with Crippen LogP contribution >= 0.6 is 0 Å². The van der Waals surface area contributed by atoms with Crippen LogP contribution < -0.4 is 9.47 Å². The highest BCUT2D eigenvalue weighted by Crippen LogP contribution is 2.33. The minimum Gasteiger partial charge on any atom is -0.454 e. The van der Waals surface area contributed by atoms with Gasteiger partial charge in [0.25, 0.3) is 0 Å². The maximum absolute atomic E-state index is 12.4. The number of carbonyl (C=O) groups is 1. The number of benzene rings is 1. The normalized spacial score (nSPS) is 33.6. The summed E-state index contributed by atoms with van der Waals surface area (Å²) in [6.07, 6.45) is -0.119. The van der Waals surface area contributed by atoms with Crippen LogP contribution in [0.4, 0.5) is 0 Å². The monoisotopic (exact) mass is 406 g/mol. The molecule has 2 saturated heterocycles. The van der Waals surface area contributed by atoms with E-state index in [0.29, 0.717) is 17.9 Å². The van der Waals surface area contributed by atoms with Crippen LogP contribution in [-0.2, 0) is 19.0 Å². The van der Waals surface area contributed by atoms with Gasteiger partial charge in [-0.05, 0) is 30.2 Å². The molecule has 1 aromatic rings. The Kier molecular flexibility index (Phi) is 6.17. The Morgan fingerprint density at radius 3 is 2.83 bits per heavy atom. The van der Waals surface area contributed by atoms with Crippen molar-refractivity contribution in [2.24, 2.45) is 0 Å². The van der Waals surface area contributed by atoms with E-state index < -0.39 is 36.8 Å². The molecule has 0 bridgehead atoms. The molecule has 2 N–H and O–H groups in total. The first kappa shape index (κ1) is 20.3. The topological polar surface area (TPSA) is 104 Å². The molecule has 29 heavy (non-hydrogen) atoms. The summed E-state index contributed by atoms with van der Waals surface area (Å²) in [5, 5.41) is 20.9. The summed E-state index contributed by atoms with van der Waals surface area (Å²) in [6, 6.07) is 5.39. The summed E-state index contributed by atoms with van der Waals surface area (Å²) in [5.41, 5.74) is 0.795. The van der Waals surface area contributed by atoms with Gasteiger partial charge in [-0.1, -0.05) is 25.5 Å². The molecule has 3 heterocycles. The number of ether oxygens (including phenoxy) is 5. The summed E-state index contributed by atoms with van der Waals surface area (Å²) < 4.78 is 27.8. The standard InChI is InChI=1S/C21H26O8/c1-2-3-18-25-10-17-21(29-18)20(24)19(23)16(28-17)9-13(22)6-4-12-5-7-14-15(8-12)27-11-26-14/h4-8,16-21,23-24H,2-3,9-11H2,1H3/b6-4+/t16-,17+,18?,19-,20+,21+/m0/s1. The Hall–Kier alpha value is -1.97. The van der Waals surface area contributed by atoms with Crippen molar-refractivity contribution in [1.29, 1.82) is 0 Å². The molecule has 8 nitrogen and oxygen atoms in total. The van der Waals surface area contributed by atoms with Gasteiger partial charge < -0.3 is 33.9 Å². The lowest BCUT2D eigenvalue weighted by molar-refractivity contribution is -0.325. The Morgan fingerprint density at radius 1 is 1.17 bits per heavy atom. The first-order valence-electron chi connectivity index (χ1n) is 9.94. The zero-order valence-corrected chi connectivity index (χ0v) is 16.2. The number of ketones is 1. The van der Waals surface area contributed by atoms with Gasteiger partial charge in [0.15, 0.2) is 23.6 Å². The lowest BCUT2D eigenvalue weighted by Crippen LogP contribution is -2.62. The molecule has 0 saturated carbocycles. The molecule has 0 radical (unpaired) electrons. The quantitative estimate of drug-likeness (QED) is 0.684. The van der Waals surface area contributed by atoms with Crippen molar-refractivity contribution in [3.05, 3.63) is 29.8 Å². The molecule has 6 atom stereocenters. The van der Waals surface area contributed by atoms with Gasteiger partial charge in [-0.2, -0.15) is 0 Å². The fourth-order valence-electron chi connectivity index (χ4n) is 3.76. The molecule has 0 aromatic heterocycles. The molecule has 8 heteroatoms. The Morgan fingerprint density at radius 2 is 2.00 bits per heavy atom. The first-order chi connectivity index (χ1) is 14.0. The highest BCUT2D eigenvalue weighted by molar-refractivity contribution is 5.94. The zero-order valence-electron chi connectivity index (χ0n) is 16.2. The van der Waals surface area contributed by atoms with Crippen molar-refractivity contribution in [3.63, 3.8) is 0 Å². The van der Waals surface area contributed by atoms with Crippen LogP contribution in [-0.4, -0.2) is 66.2 Å². The SMILES string of the molecule is CCCC1OC[C@H]2O[C@@H](CC(=O)/C=C/c3ccc4c(c3)OCO4)[C@H](O)[C@@H](O)[C@@H]2O1. The van der Waals surface area contributed by atoms with Crippen molar-refractivity contribution in [3.8, 4) is 11.5 Å². The lowest BCUT2D eigenvalue weighted by atomic mass is 9.91.